The predicted octanol–water partition coefficient (Wildman–Crippen LogP) is 5.41. The van der Waals surface area contributed by atoms with Crippen LogP contribution in [0, 0.1) is 13.8 Å². The molecule has 1 N–H and O–H groups in total. The second-order valence-electron chi connectivity index (χ2n) is 7.20. The van der Waals surface area contributed by atoms with Gasteiger partial charge in [-0.3, -0.25) is 4.79 Å². The number of benzene rings is 2. The quantitative estimate of drug-likeness (QED) is 0.554. The van der Waals surface area contributed by atoms with E-state index in [1.165, 1.54) is 0 Å². The van der Waals surface area contributed by atoms with Gasteiger partial charge < -0.3 is 5.32 Å². The molecular weight excluding hydrogens is 453 g/mol. The van der Waals surface area contributed by atoms with E-state index in [9.17, 15) is 26.4 Å². The van der Waals surface area contributed by atoms with Crippen LogP contribution in [-0.2, 0) is 21.0 Å². The lowest BCUT2D eigenvalue weighted by molar-refractivity contribution is -0.137. The predicted molar refractivity (Wildman–Crippen MR) is 115 cm³/mol. The van der Waals surface area contributed by atoms with Crippen LogP contribution in [0.4, 0.5) is 18.9 Å². The molecule has 2 aromatic rings. The Hall–Kier alpha value is -2.10. The van der Waals surface area contributed by atoms with Gasteiger partial charge in [0, 0.05) is 12.2 Å². The van der Waals surface area contributed by atoms with Gasteiger partial charge in [0.2, 0.25) is 15.9 Å². The fourth-order valence-electron chi connectivity index (χ4n) is 2.95. The van der Waals surface area contributed by atoms with Crippen LogP contribution in [0.1, 0.15) is 36.5 Å². The molecule has 10 heteroatoms. The van der Waals surface area contributed by atoms with Crippen molar-refractivity contribution in [2.24, 2.45) is 0 Å². The topological polar surface area (TPSA) is 66.5 Å². The molecule has 0 unspecified atom stereocenters. The molecule has 0 spiro atoms. The SMILES string of the molecule is CCCCN(CC(=O)Nc1ccc(C)cc1C)S(=O)(=O)c1ccc(Cl)c(C(F)(F)F)c1. The van der Waals surface area contributed by atoms with Gasteiger partial charge in [-0.1, -0.05) is 42.6 Å². The van der Waals surface area contributed by atoms with Crippen LogP contribution in [0.15, 0.2) is 41.3 Å². The molecule has 0 aliphatic heterocycles. The van der Waals surface area contributed by atoms with E-state index in [0.29, 0.717) is 24.6 Å². The third kappa shape index (κ3) is 6.44. The third-order valence-corrected chi connectivity index (χ3v) is 6.79. The number of alkyl halides is 3. The summed E-state index contributed by atoms with van der Waals surface area (Å²) in [5.74, 6) is -0.586. The summed E-state index contributed by atoms with van der Waals surface area (Å²) in [6.45, 7) is 5.01. The first-order valence-electron chi connectivity index (χ1n) is 9.60. The van der Waals surface area contributed by atoms with E-state index in [0.717, 1.165) is 27.6 Å². The summed E-state index contributed by atoms with van der Waals surface area (Å²) in [5, 5.41) is 2.07. The first kappa shape index (κ1) is 25.2. The number of aryl methyl sites for hydroxylation is 2. The average molecular weight is 477 g/mol. The number of anilines is 1. The molecule has 0 atom stereocenters. The molecule has 0 aliphatic carbocycles. The molecule has 2 aromatic carbocycles. The summed E-state index contributed by atoms with van der Waals surface area (Å²) in [6, 6.07) is 7.79. The summed E-state index contributed by atoms with van der Waals surface area (Å²) in [4.78, 5) is 12.0. The van der Waals surface area contributed by atoms with E-state index in [4.69, 9.17) is 11.6 Å². The molecule has 0 radical (unpaired) electrons. The summed E-state index contributed by atoms with van der Waals surface area (Å²) in [5.41, 5.74) is 1.11. The van der Waals surface area contributed by atoms with Crippen LogP contribution in [0.3, 0.4) is 0 Å². The molecule has 2 rings (SSSR count). The standard InChI is InChI=1S/C21H24ClF3N2O3S/c1-4-5-10-27(13-20(28)26-19-9-6-14(2)11-15(19)3)31(29,30)16-7-8-18(22)17(12-16)21(23,24)25/h6-9,11-12H,4-5,10,13H2,1-3H3,(H,26,28). The van der Waals surface area contributed by atoms with Gasteiger partial charge in [0.05, 0.1) is 22.0 Å². The molecule has 0 bridgehead atoms. The highest BCUT2D eigenvalue weighted by Gasteiger charge is 2.35. The number of halogens is 4. The highest BCUT2D eigenvalue weighted by Crippen LogP contribution is 2.36. The molecule has 0 aliphatic rings. The van der Waals surface area contributed by atoms with Crippen molar-refractivity contribution in [1.29, 1.82) is 0 Å². The smallest absolute Gasteiger partial charge is 0.325 e. The fourth-order valence-corrected chi connectivity index (χ4v) is 4.64. The Morgan fingerprint density at radius 1 is 1.13 bits per heavy atom. The van der Waals surface area contributed by atoms with E-state index in [1.54, 1.807) is 19.1 Å². The number of amides is 1. The number of carbonyl (C=O) groups is 1. The van der Waals surface area contributed by atoms with E-state index >= 15 is 0 Å². The highest BCUT2D eigenvalue weighted by molar-refractivity contribution is 7.89. The molecule has 0 aromatic heterocycles. The highest BCUT2D eigenvalue weighted by atomic mass is 35.5. The Balaban J connectivity index is 2.33. The van der Waals surface area contributed by atoms with E-state index in [-0.39, 0.29) is 6.54 Å². The van der Waals surface area contributed by atoms with Crippen molar-refractivity contribution in [2.75, 3.05) is 18.4 Å². The minimum Gasteiger partial charge on any atom is -0.325 e. The molecular formula is C21H24ClF3N2O3S. The Morgan fingerprint density at radius 3 is 2.39 bits per heavy atom. The van der Waals surface area contributed by atoms with Gasteiger partial charge in [0.1, 0.15) is 0 Å². The van der Waals surface area contributed by atoms with Crippen molar-refractivity contribution in [3.05, 3.63) is 58.1 Å². The van der Waals surface area contributed by atoms with E-state index in [1.807, 2.05) is 19.9 Å². The normalized spacial score (nSPS) is 12.3. The maximum atomic E-state index is 13.2. The van der Waals surface area contributed by atoms with Crippen LogP contribution in [-0.4, -0.2) is 31.7 Å². The van der Waals surface area contributed by atoms with Gasteiger partial charge in [-0.2, -0.15) is 17.5 Å². The largest absolute Gasteiger partial charge is 0.417 e. The summed E-state index contributed by atoms with van der Waals surface area (Å²) in [7, 11) is -4.36. The minimum absolute atomic E-state index is 0.0108. The molecule has 0 saturated heterocycles. The summed E-state index contributed by atoms with van der Waals surface area (Å²) >= 11 is 5.60. The number of nitrogens with one attached hydrogen (secondary N) is 1. The second kappa shape index (κ2) is 10.0. The van der Waals surface area contributed by atoms with Crippen LogP contribution in [0.2, 0.25) is 5.02 Å². The lowest BCUT2D eigenvalue weighted by Gasteiger charge is -2.22. The molecule has 0 saturated carbocycles. The van der Waals surface area contributed by atoms with E-state index < -0.39 is 44.1 Å². The Kier molecular flexibility index (Phi) is 8.13. The fraction of sp³-hybridized carbons (Fsp3) is 0.381. The monoisotopic (exact) mass is 476 g/mol. The van der Waals surface area contributed by atoms with Crippen LogP contribution in [0.5, 0.6) is 0 Å². The number of hydrogen-bond acceptors (Lipinski definition) is 3. The molecule has 31 heavy (non-hydrogen) atoms. The second-order valence-corrected chi connectivity index (χ2v) is 9.54. The maximum absolute atomic E-state index is 13.2. The zero-order valence-electron chi connectivity index (χ0n) is 17.4. The van der Waals surface area contributed by atoms with E-state index in [2.05, 4.69) is 5.32 Å². The molecule has 0 fully saturated rings. The Bertz CT molecular complexity index is 1060. The average Bonchev–Trinajstić information content (AvgIpc) is 2.66. The van der Waals surface area contributed by atoms with Crippen molar-refractivity contribution >= 4 is 33.2 Å². The van der Waals surface area contributed by atoms with Crippen LogP contribution < -0.4 is 5.32 Å². The van der Waals surface area contributed by atoms with Crippen LogP contribution >= 0.6 is 11.6 Å². The maximum Gasteiger partial charge on any atom is 0.417 e. The summed E-state index contributed by atoms with van der Waals surface area (Å²) in [6.07, 6.45) is -3.73. The number of hydrogen-bond donors (Lipinski definition) is 1. The Labute approximate surface area is 185 Å². The van der Waals surface area contributed by atoms with Gasteiger partial charge in [-0.15, -0.1) is 0 Å². The number of nitrogens with zero attached hydrogens (tertiary/aromatic N) is 1. The number of unbranched alkanes of at least 4 members (excludes halogenated alkanes) is 1. The van der Waals surface area contributed by atoms with Gasteiger partial charge in [-0.05, 0) is 50.1 Å². The van der Waals surface area contributed by atoms with Crippen LogP contribution in [0.25, 0.3) is 0 Å². The van der Waals surface area contributed by atoms with Crippen molar-refractivity contribution in [2.45, 2.75) is 44.7 Å². The first-order chi connectivity index (χ1) is 14.4. The zero-order chi connectivity index (χ0) is 23.4. The molecule has 1 amide bonds. The minimum atomic E-state index is -4.81. The third-order valence-electron chi connectivity index (χ3n) is 4.62. The van der Waals surface area contributed by atoms with Crippen molar-refractivity contribution in [3.8, 4) is 0 Å². The van der Waals surface area contributed by atoms with Gasteiger partial charge in [0.15, 0.2) is 0 Å². The number of carbonyl (C=O) groups excluding carboxylic acids is 1. The molecule has 170 valence electrons. The molecule has 5 nitrogen and oxygen atoms in total. The Morgan fingerprint density at radius 2 is 1.81 bits per heavy atom. The van der Waals surface area contributed by atoms with Crippen molar-refractivity contribution in [1.82, 2.24) is 4.31 Å². The van der Waals surface area contributed by atoms with Crippen molar-refractivity contribution in [3.63, 3.8) is 0 Å². The zero-order valence-corrected chi connectivity index (χ0v) is 19.0. The summed E-state index contributed by atoms with van der Waals surface area (Å²) < 4.78 is 66.6. The number of rotatable bonds is 8. The van der Waals surface area contributed by atoms with Crippen molar-refractivity contribution < 1.29 is 26.4 Å². The van der Waals surface area contributed by atoms with Gasteiger partial charge in [0.25, 0.3) is 0 Å². The number of sulfonamides is 1. The van der Waals surface area contributed by atoms with Gasteiger partial charge in [-0.25, -0.2) is 8.42 Å². The first-order valence-corrected chi connectivity index (χ1v) is 11.4. The van der Waals surface area contributed by atoms with Gasteiger partial charge >= 0.3 is 6.18 Å². The molecule has 0 heterocycles. The lowest BCUT2D eigenvalue weighted by Crippen LogP contribution is -2.38. The lowest BCUT2D eigenvalue weighted by atomic mass is 10.1.